The van der Waals surface area contributed by atoms with E-state index in [1.807, 2.05) is 36.0 Å². The predicted octanol–water partition coefficient (Wildman–Crippen LogP) is 1.25. The fourth-order valence-electron chi connectivity index (χ4n) is 3.33. The van der Waals surface area contributed by atoms with Crippen LogP contribution in [-0.4, -0.2) is 50.0 Å². The maximum Gasteiger partial charge on any atom is 0.273 e. The number of nitrogens with one attached hydrogen (secondary N) is 3. The number of anilines is 3. The molecule has 2 aromatic heterocycles. The lowest BCUT2D eigenvalue weighted by Crippen LogP contribution is -2.39. The van der Waals surface area contributed by atoms with Gasteiger partial charge in [-0.3, -0.25) is 9.48 Å². The number of fused-ring (bicyclic) bond motifs is 1. The molecule has 0 radical (unpaired) electrons. The first-order chi connectivity index (χ1) is 13.6. The number of hydrogen-bond donors (Lipinski definition) is 4. The highest BCUT2D eigenvalue weighted by atomic mass is 16.1. The third-order valence-corrected chi connectivity index (χ3v) is 4.76. The summed E-state index contributed by atoms with van der Waals surface area (Å²) >= 11 is 0. The molecule has 0 aliphatic carbocycles. The summed E-state index contributed by atoms with van der Waals surface area (Å²) in [5, 5.41) is 23.1. The highest BCUT2D eigenvalue weighted by Gasteiger charge is 2.18. The van der Waals surface area contributed by atoms with E-state index in [0.717, 1.165) is 49.1 Å². The van der Waals surface area contributed by atoms with Crippen LogP contribution in [0.1, 0.15) is 30.3 Å². The Morgan fingerprint density at radius 1 is 1.39 bits per heavy atom. The van der Waals surface area contributed by atoms with Crippen LogP contribution in [0.4, 0.5) is 17.5 Å². The minimum Gasteiger partial charge on any atom is -0.364 e. The van der Waals surface area contributed by atoms with Gasteiger partial charge in [-0.05, 0) is 44.5 Å². The second-order valence-corrected chi connectivity index (χ2v) is 6.74. The highest BCUT2D eigenvalue weighted by molar-refractivity contribution is 5.96. The van der Waals surface area contributed by atoms with E-state index in [9.17, 15) is 4.79 Å². The topological polar surface area (TPSA) is 136 Å². The summed E-state index contributed by atoms with van der Waals surface area (Å²) in [5.41, 5.74) is 7.20. The normalized spacial score (nSPS) is 16.8. The van der Waals surface area contributed by atoms with Crippen molar-refractivity contribution in [3.8, 4) is 0 Å². The van der Waals surface area contributed by atoms with E-state index < -0.39 is 5.91 Å². The van der Waals surface area contributed by atoms with Crippen molar-refractivity contribution >= 4 is 34.3 Å². The third-order valence-electron chi connectivity index (χ3n) is 4.76. The first kappa shape index (κ1) is 18.1. The van der Waals surface area contributed by atoms with Crippen molar-refractivity contribution in [3.05, 3.63) is 30.1 Å². The van der Waals surface area contributed by atoms with Crippen molar-refractivity contribution in [1.82, 2.24) is 30.3 Å². The number of rotatable bonds is 6. The van der Waals surface area contributed by atoms with E-state index in [0.29, 0.717) is 5.95 Å². The molecule has 1 fully saturated rings. The highest BCUT2D eigenvalue weighted by Crippen LogP contribution is 2.23. The second-order valence-electron chi connectivity index (χ2n) is 6.74. The molecule has 0 bridgehead atoms. The van der Waals surface area contributed by atoms with Crippen LogP contribution < -0.4 is 21.7 Å². The lowest BCUT2D eigenvalue weighted by Gasteiger charge is -2.23. The summed E-state index contributed by atoms with van der Waals surface area (Å²) in [6.45, 7) is 4.64. The van der Waals surface area contributed by atoms with Crippen LogP contribution in [0.15, 0.2) is 24.4 Å². The van der Waals surface area contributed by atoms with Crippen LogP contribution >= 0.6 is 0 Å². The molecule has 0 unspecified atom stereocenters. The third kappa shape index (κ3) is 3.72. The van der Waals surface area contributed by atoms with Gasteiger partial charge in [-0.2, -0.15) is 10.1 Å². The standard InChI is InChI=1S/C18H23N9O/c1-2-27-14-8-12(6-5-11(14)9-21-27)22-17-15(16(19)28)25-26-18(24-17)23-13-4-3-7-20-10-13/h5-6,8-9,13,20H,2-4,7,10H2,1H3,(H2,19,28)(H2,22,23,24,26)/t13-/m0/s1. The summed E-state index contributed by atoms with van der Waals surface area (Å²) < 4.78 is 1.90. The summed E-state index contributed by atoms with van der Waals surface area (Å²) in [7, 11) is 0. The maximum absolute atomic E-state index is 11.8. The fourth-order valence-corrected chi connectivity index (χ4v) is 3.33. The van der Waals surface area contributed by atoms with Gasteiger partial charge in [0.1, 0.15) is 0 Å². The van der Waals surface area contributed by atoms with Gasteiger partial charge in [-0.25, -0.2) is 0 Å². The number of aromatic nitrogens is 5. The molecule has 3 heterocycles. The quantitative estimate of drug-likeness (QED) is 0.501. The van der Waals surface area contributed by atoms with E-state index in [1.54, 1.807) is 0 Å². The molecule has 3 aromatic rings. The van der Waals surface area contributed by atoms with Crippen LogP contribution in [0, 0.1) is 0 Å². The Balaban J connectivity index is 1.63. The Kier molecular flexibility index (Phi) is 5.02. The number of nitrogens with zero attached hydrogens (tertiary/aromatic N) is 5. The molecular formula is C18H23N9O. The summed E-state index contributed by atoms with van der Waals surface area (Å²) in [6.07, 6.45) is 3.93. The number of carbonyl (C=O) groups is 1. The van der Waals surface area contributed by atoms with Gasteiger partial charge < -0.3 is 21.7 Å². The van der Waals surface area contributed by atoms with Crippen LogP contribution in [0.2, 0.25) is 0 Å². The molecule has 146 valence electrons. The van der Waals surface area contributed by atoms with Crippen LogP contribution in [0.5, 0.6) is 0 Å². The van der Waals surface area contributed by atoms with Crippen molar-refractivity contribution in [2.45, 2.75) is 32.4 Å². The van der Waals surface area contributed by atoms with Crippen molar-refractivity contribution in [2.24, 2.45) is 5.73 Å². The minimum absolute atomic E-state index is 0.00332. The van der Waals surface area contributed by atoms with Crippen LogP contribution in [-0.2, 0) is 6.54 Å². The molecule has 5 N–H and O–H groups in total. The largest absolute Gasteiger partial charge is 0.364 e. The minimum atomic E-state index is -0.687. The number of benzene rings is 1. The average Bonchev–Trinajstić information content (AvgIpc) is 3.11. The Hall–Kier alpha value is -3.27. The van der Waals surface area contributed by atoms with Gasteiger partial charge in [0.15, 0.2) is 11.5 Å². The number of nitrogens with two attached hydrogens (primary N) is 1. The van der Waals surface area contributed by atoms with Crippen molar-refractivity contribution in [3.63, 3.8) is 0 Å². The molecule has 1 atom stereocenters. The predicted molar refractivity (Wildman–Crippen MR) is 107 cm³/mol. The van der Waals surface area contributed by atoms with Crippen LogP contribution in [0.3, 0.4) is 0 Å². The van der Waals surface area contributed by atoms with E-state index in [4.69, 9.17) is 5.73 Å². The van der Waals surface area contributed by atoms with Crippen LogP contribution in [0.25, 0.3) is 10.9 Å². The zero-order chi connectivity index (χ0) is 19.5. The molecule has 4 rings (SSSR count). The van der Waals surface area contributed by atoms with Gasteiger partial charge in [0, 0.05) is 30.2 Å². The molecular weight excluding hydrogens is 358 g/mol. The van der Waals surface area contributed by atoms with E-state index in [2.05, 4.69) is 36.2 Å². The fraction of sp³-hybridized carbons (Fsp3) is 0.389. The lowest BCUT2D eigenvalue weighted by molar-refractivity contribution is 0.0995. The molecule has 28 heavy (non-hydrogen) atoms. The molecule has 1 aromatic carbocycles. The van der Waals surface area contributed by atoms with Gasteiger partial charge in [0.2, 0.25) is 5.95 Å². The van der Waals surface area contributed by atoms with Crippen molar-refractivity contribution in [1.29, 1.82) is 0 Å². The van der Waals surface area contributed by atoms with E-state index in [1.165, 1.54) is 0 Å². The Morgan fingerprint density at radius 2 is 2.29 bits per heavy atom. The number of piperidine rings is 1. The molecule has 1 aliphatic rings. The SMILES string of the molecule is CCn1ncc2ccc(Nc3nc(N[C@H]4CCCNC4)nnc3C(N)=O)cc21. The number of hydrogen-bond acceptors (Lipinski definition) is 8. The first-order valence-corrected chi connectivity index (χ1v) is 9.38. The summed E-state index contributed by atoms with van der Waals surface area (Å²) in [6, 6.07) is 6.03. The lowest BCUT2D eigenvalue weighted by atomic mass is 10.1. The summed E-state index contributed by atoms with van der Waals surface area (Å²) in [4.78, 5) is 16.2. The molecule has 1 amide bonds. The van der Waals surface area contributed by atoms with Gasteiger partial charge >= 0.3 is 0 Å². The van der Waals surface area contributed by atoms with E-state index >= 15 is 0 Å². The van der Waals surface area contributed by atoms with Gasteiger partial charge in [-0.1, -0.05) is 0 Å². The van der Waals surface area contributed by atoms with E-state index in [-0.39, 0.29) is 17.6 Å². The first-order valence-electron chi connectivity index (χ1n) is 9.38. The zero-order valence-electron chi connectivity index (χ0n) is 15.6. The monoisotopic (exact) mass is 381 g/mol. The molecule has 10 heteroatoms. The number of primary amides is 1. The van der Waals surface area contributed by atoms with Gasteiger partial charge in [-0.15, -0.1) is 10.2 Å². The average molecular weight is 381 g/mol. The molecule has 10 nitrogen and oxygen atoms in total. The van der Waals surface area contributed by atoms with Crippen molar-refractivity contribution < 1.29 is 4.79 Å². The Labute approximate surface area is 161 Å². The Bertz CT molecular complexity index is 994. The molecule has 0 saturated carbocycles. The number of amides is 1. The number of aryl methyl sites for hydroxylation is 1. The molecule has 1 aliphatic heterocycles. The second kappa shape index (κ2) is 7.77. The zero-order valence-corrected chi connectivity index (χ0v) is 15.6. The number of carbonyl (C=O) groups excluding carboxylic acids is 1. The van der Waals surface area contributed by atoms with Crippen molar-refractivity contribution in [2.75, 3.05) is 23.7 Å². The molecule has 1 saturated heterocycles. The maximum atomic E-state index is 11.8. The van der Waals surface area contributed by atoms with Gasteiger partial charge in [0.25, 0.3) is 5.91 Å². The molecule has 0 spiro atoms. The van der Waals surface area contributed by atoms with Gasteiger partial charge in [0.05, 0.1) is 11.7 Å². The summed E-state index contributed by atoms with van der Waals surface area (Å²) in [5.74, 6) is -0.0513. The smallest absolute Gasteiger partial charge is 0.273 e. The Morgan fingerprint density at radius 3 is 3.04 bits per heavy atom.